The van der Waals surface area contributed by atoms with Gasteiger partial charge in [0.25, 0.3) is 5.69 Å². The number of nitrogens with zero attached hydrogens (tertiary/aromatic N) is 1. The fraction of sp³-hybridized carbons (Fsp3) is 0.273. The molecule has 37 heavy (non-hydrogen) atoms. The first-order chi connectivity index (χ1) is 17.5. The van der Waals surface area contributed by atoms with Crippen molar-refractivity contribution in [2.45, 2.75) is 13.1 Å². The van der Waals surface area contributed by atoms with Crippen LogP contribution in [0.5, 0.6) is 11.5 Å². The molecule has 1 N–H and O–H groups in total. The number of nitro benzene ring substituents is 1. The van der Waals surface area contributed by atoms with Crippen molar-refractivity contribution in [2.75, 3.05) is 26.9 Å². The summed E-state index contributed by atoms with van der Waals surface area (Å²) in [5.74, 6) is -1.87. The number of esters is 2. The lowest BCUT2D eigenvalue weighted by Crippen LogP contribution is -2.23. The molecule has 0 spiro atoms. The Labute approximate surface area is 212 Å². The molecule has 0 amide bonds. The number of carbonyl (C=O) groups is 2. The fourth-order valence-electron chi connectivity index (χ4n) is 2.66. The maximum atomic E-state index is 12.9. The van der Waals surface area contributed by atoms with Gasteiger partial charge in [0, 0.05) is 6.07 Å². The van der Waals surface area contributed by atoms with Gasteiger partial charge in [0.1, 0.15) is 23.5 Å². The van der Waals surface area contributed by atoms with Gasteiger partial charge in [0.2, 0.25) is 0 Å². The molecule has 15 heteroatoms. The third-order valence-corrected chi connectivity index (χ3v) is 4.50. The summed E-state index contributed by atoms with van der Waals surface area (Å²) in [4.78, 5) is 38.8. The molecule has 0 aliphatic rings. The SMILES string of the molecule is CCOC(=O)COC(=O)CONC(=COC)c1cc(Oc2ccc(C(F)(F)F)cc2Cl)ccc1[N+](=O)[O-]. The van der Waals surface area contributed by atoms with Gasteiger partial charge in [-0.25, -0.2) is 9.59 Å². The summed E-state index contributed by atoms with van der Waals surface area (Å²) in [6.07, 6.45) is -3.58. The molecule has 0 saturated carbocycles. The second-order valence-corrected chi connectivity index (χ2v) is 7.21. The maximum absolute atomic E-state index is 12.9. The number of nitrogens with one attached hydrogen (secondary N) is 1. The molecule has 200 valence electrons. The molecule has 0 atom stereocenters. The van der Waals surface area contributed by atoms with E-state index in [9.17, 15) is 32.9 Å². The Morgan fingerprint density at radius 1 is 1.11 bits per heavy atom. The van der Waals surface area contributed by atoms with Gasteiger partial charge in [-0.15, -0.1) is 0 Å². The van der Waals surface area contributed by atoms with E-state index in [4.69, 9.17) is 25.9 Å². The second-order valence-electron chi connectivity index (χ2n) is 6.80. The van der Waals surface area contributed by atoms with Crippen LogP contribution in [0.25, 0.3) is 5.70 Å². The summed E-state index contributed by atoms with van der Waals surface area (Å²) in [6.45, 7) is 0.347. The second kappa shape index (κ2) is 13.3. The average molecular weight is 549 g/mol. The van der Waals surface area contributed by atoms with Crippen LogP contribution in [0.15, 0.2) is 42.7 Å². The van der Waals surface area contributed by atoms with Crippen molar-refractivity contribution in [3.8, 4) is 11.5 Å². The topological polar surface area (TPSA) is 135 Å². The Morgan fingerprint density at radius 3 is 2.41 bits per heavy atom. The number of nitro groups is 1. The van der Waals surface area contributed by atoms with Gasteiger partial charge in [0.05, 0.1) is 34.8 Å². The van der Waals surface area contributed by atoms with Crippen LogP contribution >= 0.6 is 11.6 Å². The van der Waals surface area contributed by atoms with E-state index in [1.165, 1.54) is 19.2 Å². The summed E-state index contributed by atoms with van der Waals surface area (Å²) >= 11 is 5.91. The van der Waals surface area contributed by atoms with Gasteiger partial charge < -0.3 is 18.9 Å². The molecule has 2 aromatic rings. The summed E-state index contributed by atoms with van der Waals surface area (Å²) in [5.41, 5.74) is 0.630. The van der Waals surface area contributed by atoms with E-state index in [-0.39, 0.29) is 34.4 Å². The fourth-order valence-corrected chi connectivity index (χ4v) is 2.88. The minimum absolute atomic E-state index is 0.0279. The van der Waals surface area contributed by atoms with Crippen LogP contribution < -0.4 is 10.2 Å². The van der Waals surface area contributed by atoms with E-state index in [2.05, 4.69) is 15.0 Å². The molecule has 0 saturated heterocycles. The van der Waals surface area contributed by atoms with Crippen molar-refractivity contribution in [3.63, 3.8) is 0 Å². The van der Waals surface area contributed by atoms with Crippen LogP contribution in [0.3, 0.4) is 0 Å². The highest BCUT2D eigenvalue weighted by atomic mass is 35.5. The lowest BCUT2D eigenvalue weighted by molar-refractivity contribution is -0.385. The largest absolute Gasteiger partial charge is 0.502 e. The lowest BCUT2D eigenvalue weighted by Gasteiger charge is -2.14. The molecular weight excluding hydrogens is 529 g/mol. The molecule has 0 aromatic heterocycles. The first-order valence-electron chi connectivity index (χ1n) is 10.2. The van der Waals surface area contributed by atoms with Gasteiger partial charge in [-0.2, -0.15) is 13.2 Å². The zero-order chi connectivity index (χ0) is 27.6. The Morgan fingerprint density at radius 2 is 1.81 bits per heavy atom. The summed E-state index contributed by atoms with van der Waals surface area (Å²) < 4.78 is 58.3. The molecule has 0 radical (unpaired) electrons. The Hall–Kier alpha value is -4.04. The Bertz CT molecular complexity index is 1170. The third kappa shape index (κ3) is 8.84. The number of halogens is 4. The quantitative estimate of drug-likeness (QED) is 0.173. The van der Waals surface area contributed by atoms with Crippen LogP contribution in [0.1, 0.15) is 18.1 Å². The number of alkyl halides is 3. The van der Waals surface area contributed by atoms with E-state index >= 15 is 0 Å². The van der Waals surface area contributed by atoms with Gasteiger partial charge in [0.15, 0.2) is 13.2 Å². The minimum Gasteiger partial charge on any atom is -0.502 e. The van der Waals surface area contributed by atoms with Gasteiger partial charge >= 0.3 is 18.1 Å². The normalized spacial score (nSPS) is 11.5. The van der Waals surface area contributed by atoms with Crippen LogP contribution in [0.2, 0.25) is 5.02 Å². The van der Waals surface area contributed by atoms with E-state index < -0.39 is 47.5 Å². The monoisotopic (exact) mass is 548 g/mol. The zero-order valence-corrected chi connectivity index (χ0v) is 20.1. The highest BCUT2D eigenvalue weighted by Gasteiger charge is 2.31. The molecule has 11 nitrogen and oxygen atoms in total. The van der Waals surface area contributed by atoms with Crippen LogP contribution in [0, 0.1) is 10.1 Å². The van der Waals surface area contributed by atoms with E-state index in [1.54, 1.807) is 6.92 Å². The predicted octanol–water partition coefficient (Wildman–Crippen LogP) is 4.63. The minimum atomic E-state index is -4.61. The van der Waals surface area contributed by atoms with Gasteiger partial charge in [-0.05, 0) is 37.3 Å². The van der Waals surface area contributed by atoms with E-state index in [0.29, 0.717) is 6.07 Å². The molecule has 0 bridgehead atoms. The third-order valence-electron chi connectivity index (χ3n) is 4.21. The lowest BCUT2D eigenvalue weighted by atomic mass is 10.1. The number of methoxy groups -OCH3 is 1. The molecule has 0 aliphatic heterocycles. The van der Waals surface area contributed by atoms with Crippen LogP contribution in [-0.2, 0) is 34.8 Å². The van der Waals surface area contributed by atoms with Crippen molar-refractivity contribution < 1.29 is 51.5 Å². The highest BCUT2D eigenvalue weighted by Crippen LogP contribution is 2.37. The number of carbonyl (C=O) groups excluding carboxylic acids is 2. The number of ether oxygens (including phenoxy) is 4. The van der Waals surface area contributed by atoms with Crippen LogP contribution in [0.4, 0.5) is 18.9 Å². The smallest absolute Gasteiger partial charge is 0.416 e. The number of hydrogen-bond donors (Lipinski definition) is 1. The van der Waals surface area contributed by atoms with Crippen molar-refractivity contribution in [1.82, 2.24) is 5.48 Å². The van der Waals surface area contributed by atoms with E-state index in [0.717, 1.165) is 24.5 Å². The number of rotatable bonds is 12. The molecule has 0 heterocycles. The number of hydrogen-bond acceptors (Lipinski definition) is 10. The molecule has 0 aliphatic carbocycles. The highest BCUT2D eigenvalue weighted by molar-refractivity contribution is 6.32. The van der Waals surface area contributed by atoms with Crippen molar-refractivity contribution >= 4 is 34.9 Å². The van der Waals surface area contributed by atoms with Crippen molar-refractivity contribution in [3.05, 3.63) is 68.9 Å². The average Bonchev–Trinajstić information content (AvgIpc) is 2.83. The standard InChI is InChI=1S/C22H20ClF3N2O9/c1-3-34-20(29)11-35-21(30)12-36-27-17(10-33-2)15-9-14(5-6-18(15)28(31)32)37-19-7-4-13(8-16(19)23)22(24,25)26/h4-10,27H,3,11-12H2,1-2H3. The maximum Gasteiger partial charge on any atom is 0.416 e. The van der Waals surface area contributed by atoms with Crippen molar-refractivity contribution in [2.24, 2.45) is 0 Å². The summed E-state index contributed by atoms with van der Waals surface area (Å²) in [5, 5.41) is 11.2. The first-order valence-corrected chi connectivity index (χ1v) is 10.6. The number of hydroxylamine groups is 1. The Balaban J connectivity index is 2.21. The van der Waals surface area contributed by atoms with E-state index in [1.807, 2.05) is 0 Å². The first kappa shape index (κ1) is 29.2. The molecular formula is C22H20ClF3N2O9. The Kier molecular flexibility index (Phi) is 10.5. The molecule has 0 unspecified atom stereocenters. The molecule has 0 fully saturated rings. The predicted molar refractivity (Wildman–Crippen MR) is 121 cm³/mol. The molecule has 2 aromatic carbocycles. The molecule has 2 rings (SSSR count). The number of benzene rings is 2. The van der Waals surface area contributed by atoms with Gasteiger partial charge in [-0.1, -0.05) is 11.6 Å². The summed E-state index contributed by atoms with van der Waals surface area (Å²) in [7, 11) is 1.24. The van der Waals surface area contributed by atoms with Crippen molar-refractivity contribution in [1.29, 1.82) is 0 Å². The van der Waals surface area contributed by atoms with Gasteiger partial charge in [-0.3, -0.25) is 20.4 Å². The summed E-state index contributed by atoms with van der Waals surface area (Å²) in [6, 6.07) is 5.89. The van der Waals surface area contributed by atoms with Crippen LogP contribution in [-0.4, -0.2) is 43.8 Å². The zero-order valence-electron chi connectivity index (χ0n) is 19.3.